The maximum atomic E-state index is 12.1. The van der Waals surface area contributed by atoms with E-state index in [1.165, 1.54) is 0 Å². The van der Waals surface area contributed by atoms with Gasteiger partial charge >= 0.3 is 0 Å². The van der Waals surface area contributed by atoms with Crippen molar-refractivity contribution in [1.82, 2.24) is 0 Å². The Hall–Kier alpha value is -0.840. The number of hydrogen-bond donors (Lipinski definition) is 0. The quantitative estimate of drug-likeness (QED) is 0.738. The van der Waals surface area contributed by atoms with E-state index < -0.39 is 0 Å². The van der Waals surface area contributed by atoms with E-state index in [-0.39, 0.29) is 11.9 Å². The van der Waals surface area contributed by atoms with Crippen LogP contribution in [0.4, 0.5) is 0 Å². The number of rotatable bonds is 1. The van der Waals surface area contributed by atoms with Crippen molar-refractivity contribution in [3.63, 3.8) is 0 Å². The molecule has 1 aliphatic rings. The largest absolute Gasteiger partial charge is 0.484 e. The molecule has 0 fully saturated rings. The Morgan fingerprint density at radius 2 is 2.17 bits per heavy atom. The Kier molecular flexibility index (Phi) is 3.18. The Morgan fingerprint density at radius 3 is 2.89 bits per heavy atom. The molecule has 18 heavy (non-hydrogen) atoms. The highest BCUT2D eigenvalue weighted by atomic mass is 79.9. The minimum Gasteiger partial charge on any atom is -0.484 e. The molecule has 0 spiro atoms. The van der Waals surface area contributed by atoms with Gasteiger partial charge in [-0.25, -0.2) is 0 Å². The van der Waals surface area contributed by atoms with Gasteiger partial charge in [-0.15, -0.1) is 11.3 Å². The molecule has 0 bridgehead atoms. The fraction of sp³-hybridized carbons (Fsp3) is 0.154. The molecule has 1 aromatic heterocycles. The number of carbonyl (C=O) groups is 1. The molecule has 5 heteroatoms. The predicted octanol–water partition coefficient (Wildman–Crippen LogP) is 4.87. The number of benzene rings is 1. The van der Waals surface area contributed by atoms with Crippen LogP contribution in [0.3, 0.4) is 0 Å². The SMILES string of the molecule is O=C1CC(c2ccc(Br)s2)Oc2ccc(Cl)cc21. The average Bonchev–Trinajstić information content (AvgIpc) is 2.77. The second-order valence-electron chi connectivity index (χ2n) is 4.02. The van der Waals surface area contributed by atoms with Crippen molar-refractivity contribution in [3.05, 3.63) is 49.6 Å². The van der Waals surface area contributed by atoms with E-state index in [1.54, 1.807) is 29.5 Å². The topological polar surface area (TPSA) is 26.3 Å². The number of carbonyl (C=O) groups excluding carboxylic acids is 1. The summed E-state index contributed by atoms with van der Waals surface area (Å²) in [5.74, 6) is 0.693. The summed E-state index contributed by atoms with van der Waals surface area (Å²) in [4.78, 5) is 13.1. The van der Waals surface area contributed by atoms with Gasteiger partial charge in [-0.05, 0) is 46.3 Å². The molecule has 0 aliphatic carbocycles. The van der Waals surface area contributed by atoms with Crippen molar-refractivity contribution in [2.24, 2.45) is 0 Å². The highest BCUT2D eigenvalue weighted by molar-refractivity contribution is 9.11. The zero-order valence-electron chi connectivity index (χ0n) is 9.15. The number of halogens is 2. The van der Waals surface area contributed by atoms with Gasteiger partial charge in [0.2, 0.25) is 0 Å². The second-order valence-corrected chi connectivity index (χ2v) is 6.95. The summed E-state index contributed by atoms with van der Waals surface area (Å²) in [5, 5.41) is 0.558. The Morgan fingerprint density at radius 1 is 1.33 bits per heavy atom. The summed E-state index contributed by atoms with van der Waals surface area (Å²) in [6.07, 6.45) is 0.169. The van der Waals surface area contributed by atoms with Crippen LogP contribution in [0.15, 0.2) is 34.1 Å². The van der Waals surface area contributed by atoms with Crippen LogP contribution in [-0.4, -0.2) is 5.78 Å². The number of hydrogen-bond acceptors (Lipinski definition) is 3. The van der Waals surface area contributed by atoms with E-state index in [9.17, 15) is 4.79 Å². The van der Waals surface area contributed by atoms with Crippen LogP contribution in [0.1, 0.15) is 27.8 Å². The van der Waals surface area contributed by atoms with Gasteiger partial charge in [0, 0.05) is 9.90 Å². The molecular formula is C13H8BrClO2S. The molecule has 1 unspecified atom stereocenters. The number of fused-ring (bicyclic) bond motifs is 1. The molecule has 1 aromatic carbocycles. The van der Waals surface area contributed by atoms with Crippen molar-refractivity contribution in [2.75, 3.05) is 0 Å². The molecule has 3 rings (SSSR count). The zero-order valence-corrected chi connectivity index (χ0v) is 12.3. The molecule has 2 nitrogen and oxygen atoms in total. The van der Waals surface area contributed by atoms with Crippen molar-refractivity contribution >= 4 is 44.7 Å². The third-order valence-corrected chi connectivity index (χ3v) is 4.74. The highest BCUT2D eigenvalue weighted by Gasteiger charge is 2.28. The minimum atomic E-state index is -0.192. The molecule has 2 aromatic rings. The first-order valence-corrected chi connectivity index (χ1v) is 7.37. The standard InChI is InChI=1S/C13H8BrClO2S/c14-13-4-3-12(18-13)11-6-9(16)8-5-7(15)1-2-10(8)17-11/h1-5,11H,6H2. The Bertz CT molecular complexity index is 623. The van der Waals surface area contributed by atoms with E-state index in [2.05, 4.69) is 15.9 Å². The van der Waals surface area contributed by atoms with Gasteiger partial charge in [-0.3, -0.25) is 4.79 Å². The summed E-state index contributed by atoms with van der Waals surface area (Å²) >= 11 is 10.9. The minimum absolute atomic E-state index is 0.0771. The molecule has 1 atom stereocenters. The summed E-state index contributed by atoms with van der Waals surface area (Å²) in [5.41, 5.74) is 0.578. The summed E-state index contributed by atoms with van der Waals surface area (Å²) in [6.45, 7) is 0. The van der Waals surface area contributed by atoms with Crippen molar-refractivity contribution in [3.8, 4) is 5.75 Å². The first-order chi connectivity index (χ1) is 8.63. The third-order valence-electron chi connectivity index (χ3n) is 2.79. The van der Waals surface area contributed by atoms with Crippen LogP contribution in [0.5, 0.6) is 5.75 Å². The number of Topliss-reactive ketones (excluding diaryl/α,β-unsaturated/α-hetero) is 1. The van der Waals surface area contributed by atoms with E-state index >= 15 is 0 Å². The van der Waals surface area contributed by atoms with Crippen LogP contribution < -0.4 is 4.74 Å². The fourth-order valence-electron chi connectivity index (χ4n) is 1.96. The fourth-order valence-corrected chi connectivity index (χ4v) is 3.58. The maximum Gasteiger partial charge on any atom is 0.170 e. The average molecular weight is 344 g/mol. The maximum absolute atomic E-state index is 12.1. The molecule has 1 aliphatic heterocycles. The van der Waals surface area contributed by atoms with Gasteiger partial charge in [0.25, 0.3) is 0 Å². The van der Waals surface area contributed by atoms with Gasteiger partial charge in [-0.2, -0.15) is 0 Å². The molecule has 0 radical (unpaired) electrons. The highest BCUT2D eigenvalue weighted by Crippen LogP contribution is 2.39. The number of thiophene rings is 1. The van der Waals surface area contributed by atoms with Crippen LogP contribution in [-0.2, 0) is 0 Å². The zero-order chi connectivity index (χ0) is 12.7. The van der Waals surface area contributed by atoms with Crippen LogP contribution in [0, 0.1) is 0 Å². The lowest BCUT2D eigenvalue weighted by Gasteiger charge is -2.24. The van der Waals surface area contributed by atoms with Crippen LogP contribution in [0.2, 0.25) is 5.02 Å². The molecule has 0 N–H and O–H groups in total. The van der Waals surface area contributed by atoms with E-state index in [4.69, 9.17) is 16.3 Å². The van der Waals surface area contributed by atoms with Crippen molar-refractivity contribution < 1.29 is 9.53 Å². The van der Waals surface area contributed by atoms with E-state index in [0.717, 1.165) is 8.66 Å². The van der Waals surface area contributed by atoms with Gasteiger partial charge in [0.05, 0.1) is 15.8 Å². The second kappa shape index (κ2) is 4.68. The van der Waals surface area contributed by atoms with Gasteiger partial charge < -0.3 is 4.74 Å². The lowest BCUT2D eigenvalue weighted by Crippen LogP contribution is -2.19. The third kappa shape index (κ3) is 2.20. The first kappa shape index (κ1) is 12.2. The van der Waals surface area contributed by atoms with Gasteiger partial charge in [-0.1, -0.05) is 11.6 Å². The summed E-state index contributed by atoms with van der Waals surface area (Å²) in [6, 6.07) is 9.10. The molecule has 92 valence electrons. The Balaban J connectivity index is 1.96. The Labute approximate surface area is 122 Å². The summed E-state index contributed by atoms with van der Waals surface area (Å²) in [7, 11) is 0. The molecule has 0 saturated heterocycles. The van der Waals surface area contributed by atoms with E-state index in [0.29, 0.717) is 22.8 Å². The van der Waals surface area contributed by atoms with Crippen LogP contribution in [0.25, 0.3) is 0 Å². The monoisotopic (exact) mass is 342 g/mol. The van der Waals surface area contributed by atoms with E-state index in [1.807, 2.05) is 12.1 Å². The molecule has 2 heterocycles. The van der Waals surface area contributed by atoms with Crippen LogP contribution >= 0.6 is 38.9 Å². The normalized spacial score (nSPS) is 18.3. The lowest BCUT2D eigenvalue weighted by atomic mass is 10.00. The molecule has 0 amide bonds. The van der Waals surface area contributed by atoms with Crippen molar-refractivity contribution in [1.29, 1.82) is 0 Å². The number of ketones is 1. The lowest BCUT2D eigenvalue weighted by molar-refractivity contribution is 0.0854. The van der Waals surface area contributed by atoms with Gasteiger partial charge in [0.15, 0.2) is 5.78 Å². The summed E-state index contributed by atoms with van der Waals surface area (Å²) < 4.78 is 6.90. The molecular weight excluding hydrogens is 336 g/mol. The molecule has 0 saturated carbocycles. The predicted molar refractivity (Wildman–Crippen MR) is 75.8 cm³/mol. The smallest absolute Gasteiger partial charge is 0.170 e. The van der Waals surface area contributed by atoms with Gasteiger partial charge in [0.1, 0.15) is 11.9 Å². The first-order valence-electron chi connectivity index (χ1n) is 5.38. The van der Waals surface area contributed by atoms with Crippen molar-refractivity contribution in [2.45, 2.75) is 12.5 Å². The number of ether oxygens (including phenoxy) is 1.